The molecule has 0 bridgehead atoms. The van der Waals surface area contributed by atoms with Crippen LogP contribution in [0.4, 0.5) is 0 Å². The van der Waals surface area contributed by atoms with Crippen LogP contribution in [-0.2, 0) is 20.8 Å². The molecule has 1 fully saturated rings. The van der Waals surface area contributed by atoms with Crippen LogP contribution in [0.1, 0.15) is 28.5 Å². The maximum atomic E-state index is 5.91. The molecule has 2 aromatic rings. The average molecular weight is 298 g/mol. The Hall–Kier alpha value is -1.68. The molecule has 22 heavy (non-hydrogen) atoms. The van der Waals surface area contributed by atoms with E-state index < -0.39 is 0 Å². The quantitative estimate of drug-likeness (QED) is 0.856. The van der Waals surface area contributed by atoms with Gasteiger partial charge in [0.1, 0.15) is 6.10 Å². The first-order chi connectivity index (χ1) is 10.7. The minimum Gasteiger partial charge on any atom is -0.369 e. The van der Waals surface area contributed by atoms with Crippen molar-refractivity contribution < 1.29 is 14.2 Å². The van der Waals surface area contributed by atoms with E-state index >= 15 is 0 Å². The molecule has 0 atom stereocenters. The maximum Gasteiger partial charge on any atom is 0.184 e. The van der Waals surface area contributed by atoms with Crippen LogP contribution in [0.15, 0.2) is 48.5 Å². The largest absolute Gasteiger partial charge is 0.369 e. The van der Waals surface area contributed by atoms with Gasteiger partial charge in [-0.1, -0.05) is 54.1 Å². The second kappa shape index (κ2) is 7.05. The van der Waals surface area contributed by atoms with Gasteiger partial charge in [0, 0.05) is 5.56 Å². The SMILES string of the molecule is Cc1cccc(C2OCC(OCc3ccccc3C)CO2)c1. The van der Waals surface area contributed by atoms with Gasteiger partial charge < -0.3 is 14.2 Å². The van der Waals surface area contributed by atoms with E-state index in [9.17, 15) is 0 Å². The van der Waals surface area contributed by atoms with Crippen molar-refractivity contribution >= 4 is 0 Å². The predicted octanol–water partition coefficient (Wildman–Crippen LogP) is 3.93. The van der Waals surface area contributed by atoms with Crippen molar-refractivity contribution in [3.63, 3.8) is 0 Å². The van der Waals surface area contributed by atoms with Gasteiger partial charge in [-0.2, -0.15) is 0 Å². The number of benzene rings is 2. The van der Waals surface area contributed by atoms with Gasteiger partial charge in [0.2, 0.25) is 0 Å². The number of hydrogen-bond acceptors (Lipinski definition) is 3. The predicted molar refractivity (Wildman–Crippen MR) is 85.6 cm³/mol. The molecule has 0 amide bonds. The summed E-state index contributed by atoms with van der Waals surface area (Å²) >= 11 is 0. The van der Waals surface area contributed by atoms with E-state index in [1.54, 1.807) is 0 Å². The van der Waals surface area contributed by atoms with Crippen molar-refractivity contribution in [2.75, 3.05) is 13.2 Å². The Morgan fingerprint density at radius 3 is 2.50 bits per heavy atom. The molecule has 1 heterocycles. The van der Waals surface area contributed by atoms with Crippen molar-refractivity contribution in [1.29, 1.82) is 0 Å². The first kappa shape index (κ1) is 15.2. The van der Waals surface area contributed by atoms with Gasteiger partial charge in [-0.3, -0.25) is 0 Å². The van der Waals surface area contributed by atoms with Crippen LogP contribution in [0.5, 0.6) is 0 Å². The normalized spacial score (nSPS) is 21.7. The van der Waals surface area contributed by atoms with Crippen LogP contribution in [0.25, 0.3) is 0 Å². The van der Waals surface area contributed by atoms with Crippen molar-refractivity contribution in [2.24, 2.45) is 0 Å². The molecule has 0 aliphatic carbocycles. The van der Waals surface area contributed by atoms with Gasteiger partial charge in [-0.15, -0.1) is 0 Å². The Labute approximate surface area is 131 Å². The first-order valence-electron chi connectivity index (χ1n) is 7.68. The standard InChI is InChI=1S/C19H22O3/c1-14-6-5-9-16(10-14)19-21-12-18(13-22-19)20-11-17-8-4-3-7-15(17)2/h3-10,18-19H,11-13H2,1-2H3. The Kier molecular flexibility index (Phi) is 4.88. The van der Waals surface area contributed by atoms with E-state index in [0.717, 1.165) is 5.56 Å². The molecule has 116 valence electrons. The zero-order valence-corrected chi connectivity index (χ0v) is 13.1. The molecular weight excluding hydrogens is 276 g/mol. The second-order valence-electron chi connectivity index (χ2n) is 5.77. The summed E-state index contributed by atoms with van der Waals surface area (Å²) in [5.74, 6) is 0. The van der Waals surface area contributed by atoms with Crippen LogP contribution < -0.4 is 0 Å². The second-order valence-corrected chi connectivity index (χ2v) is 5.77. The Balaban J connectivity index is 1.51. The van der Waals surface area contributed by atoms with Crippen molar-refractivity contribution in [3.05, 3.63) is 70.8 Å². The molecule has 0 spiro atoms. The van der Waals surface area contributed by atoms with Crippen LogP contribution in [0.2, 0.25) is 0 Å². The topological polar surface area (TPSA) is 27.7 Å². The molecule has 0 N–H and O–H groups in total. The van der Waals surface area contributed by atoms with Crippen LogP contribution in [-0.4, -0.2) is 19.3 Å². The lowest BCUT2D eigenvalue weighted by Crippen LogP contribution is -2.33. The molecule has 1 saturated heterocycles. The minimum absolute atomic E-state index is 0.0133. The van der Waals surface area contributed by atoms with E-state index in [1.807, 2.05) is 24.3 Å². The smallest absolute Gasteiger partial charge is 0.184 e. The maximum absolute atomic E-state index is 5.91. The molecular formula is C19H22O3. The fourth-order valence-electron chi connectivity index (χ4n) is 2.57. The third-order valence-corrected chi connectivity index (χ3v) is 3.92. The summed E-state index contributed by atoms with van der Waals surface area (Å²) < 4.78 is 17.5. The summed E-state index contributed by atoms with van der Waals surface area (Å²) in [6.45, 7) is 5.88. The Morgan fingerprint density at radius 1 is 1.00 bits per heavy atom. The zero-order valence-electron chi connectivity index (χ0n) is 13.1. The fourth-order valence-corrected chi connectivity index (χ4v) is 2.57. The van der Waals surface area contributed by atoms with Crippen LogP contribution in [0, 0.1) is 13.8 Å². The summed E-state index contributed by atoms with van der Waals surface area (Å²) in [6.07, 6.45) is -0.293. The first-order valence-corrected chi connectivity index (χ1v) is 7.68. The van der Waals surface area contributed by atoms with Gasteiger partial charge in [-0.05, 0) is 25.0 Å². The van der Waals surface area contributed by atoms with Gasteiger partial charge in [0.15, 0.2) is 6.29 Å². The molecule has 0 radical (unpaired) electrons. The minimum atomic E-state index is -0.279. The molecule has 0 saturated carbocycles. The third-order valence-electron chi connectivity index (χ3n) is 3.92. The molecule has 3 rings (SSSR count). The summed E-state index contributed by atoms with van der Waals surface area (Å²) in [7, 11) is 0. The highest BCUT2D eigenvalue weighted by Gasteiger charge is 2.24. The summed E-state index contributed by atoms with van der Waals surface area (Å²) in [5.41, 5.74) is 4.74. The fraction of sp³-hybridized carbons (Fsp3) is 0.368. The van der Waals surface area contributed by atoms with Crippen LogP contribution >= 0.6 is 0 Å². The number of rotatable bonds is 4. The Bertz CT molecular complexity index is 616. The molecule has 2 aromatic carbocycles. The highest BCUT2D eigenvalue weighted by molar-refractivity contribution is 5.25. The highest BCUT2D eigenvalue weighted by atomic mass is 16.7. The zero-order chi connectivity index (χ0) is 15.4. The number of ether oxygens (including phenoxy) is 3. The molecule has 3 heteroatoms. The van der Waals surface area contributed by atoms with Crippen molar-refractivity contribution in [2.45, 2.75) is 32.8 Å². The monoisotopic (exact) mass is 298 g/mol. The van der Waals surface area contributed by atoms with Gasteiger partial charge in [0.05, 0.1) is 19.8 Å². The van der Waals surface area contributed by atoms with E-state index in [4.69, 9.17) is 14.2 Å². The molecule has 1 aliphatic rings. The van der Waals surface area contributed by atoms with Crippen LogP contribution in [0.3, 0.4) is 0 Å². The van der Waals surface area contributed by atoms with E-state index in [-0.39, 0.29) is 12.4 Å². The lowest BCUT2D eigenvalue weighted by molar-refractivity contribution is -0.232. The lowest BCUT2D eigenvalue weighted by Gasteiger charge is -2.30. The molecule has 0 unspecified atom stereocenters. The third kappa shape index (κ3) is 3.74. The van der Waals surface area contributed by atoms with Gasteiger partial charge in [0.25, 0.3) is 0 Å². The highest BCUT2D eigenvalue weighted by Crippen LogP contribution is 2.25. The van der Waals surface area contributed by atoms with E-state index in [1.165, 1.54) is 16.7 Å². The number of hydrogen-bond donors (Lipinski definition) is 0. The molecule has 0 aromatic heterocycles. The lowest BCUT2D eigenvalue weighted by atomic mass is 10.1. The summed E-state index contributed by atoms with van der Waals surface area (Å²) in [6, 6.07) is 16.5. The van der Waals surface area contributed by atoms with Crippen molar-refractivity contribution in [1.82, 2.24) is 0 Å². The summed E-state index contributed by atoms with van der Waals surface area (Å²) in [5, 5.41) is 0. The van der Waals surface area contributed by atoms with Crippen molar-refractivity contribution in [3.8, 4) is 0 Å². The van der Waals surface area contributed by atoms with E-state index in [2.05, 4.69) is 38.1 Å². The van der Waals surface area contributed by atoms with E-state index in [0.29, 0.717) is 19.8 Å². The van der Waals surface area contributed by atoms with Gasteiger partial charge >= 0.3 is 0 Å². The summed E-state index contributed by atoms with van der Waals surface area (Å²) in [4.78, 5) is 0. The van der Waals surface area contributed by atoms with Gasteiger partial charge in [-0.25, -0.2) is 0 Å². The average Bonchev–Trinajstić information content (AvgIpc) is 2.55. The molecule has 3 nitrogen and oxygen atoms in total. The number of aryl methyl sites for hydroxylation is 2. The molecule has 1 aliphatic heterocycles. The Morgan fingerprint density at radius 2 is 1.77 bits per heavy atom.